The molecule has 52 valence electrons. The molecule has 0 aliphatic carbocycles. The Morgan fingerprint density at radius 2 is 2.33 bits per heavy atom. The Kier molecular flexibility index (Phi) is 5.73. The highest BCUT2D eigenvalue weighted by atomic mass is 31.1. The van der Waals surface area contributed by atoms with Crippen LogP contribution in [0.25, 0.3) is 0 Å². The summed E-state index contributed by atoms with van der Waals surface area (Å²) in [5, 5.41) is 0. The molecule has 0 aromatic heterocycles. The highest BCUT2D eigenvalue weighted by Gasteiger charge is 2.16. The lowest BCUT2D eigenvalue weighted by molar-refractivity contribution is 0.252. The summed E-state index contributed by atoms with van der Waals surface area (Å²) in [4.78, 5) is 0. The van der Waals surface area contributed by atoms with E-state index in [1.807, 2.05) is 0 Å². The van der Waals surface area contributed by atoms with Gasteiger partial charge in [-0.15, -0.1) is 15.6 Å². The topological polar surface area (TPSA) is 35.5 Å². The van der Waals surface area contributed by atoms with Crippen LogP contribution in [0, 0.1) is 0 Å². The predicted molar refractivity (Wildman–Crippen MR) is 35.4 cm³/mol. The minimum Gasteiger partial charge on any atom is -0.119 e. The molecule has 0 bridgehead atoms. The van der Waals surface area contributed by atoms with Crippen molar-refractivity contribution < 1.29 is 13.6 Å². The van der Waals surface area contributed by atoms with E-state index in [2.05, 4.69) is 15.6 Å². The summed E-state index contributed by atoms with van der Waals surface area (Å²) in [6.45, 7) is 5.82. The first-order valence-electron chi connectivity index (χ1n) is 2.65. The average Bonchev–Trinajstić information content (AvgIpc) is 1.85. The number of hydrogen-bond acceptors (Lipinski definition) is 3. The van der Waals surface area contributed by atoms with Crippen molar-refractivity contribution in [1.82, 2.24) is 0 Å². The fourth-order valence-corrected chi connectivity index (χ4v) is 0.769. The monoisotopic (exact) mass is 149 g/mol. The molecule has 0 N–H and O–H groups in total. The second kappa shape index (κ2) is 5.89. The Morgan fingerprint density at radius 1 is 1.67 bits per heavy atom. The van der Waals surface area contributed by atoms with Crippen molar-refractivity contribution in [1.29, 1.82) is 0 Å². The zero-order valence-corrected chi connectivity index (χ0v) is 6.27. The van der Waals surface area contributed by atoms with Crippen molar-refractivity contribution >= 4 is 8.25 Å². The minimum atomic E-state index is -1.91. The van der Waals surface area contributed by atoms with Gasteiger partial charge in [0.15, 0.2) is 0 Å². The molecule has 9 heavy (non-hydrogen) atoms. The van der Waals surface area contributed by atoms with Gasteiger partial charge in [0.2, 0.25) is 0 Å². The van der Waals surface area contributed by atoms with Crippen LogP contribution in [0.3, 0.4) is 0 Å². The molecule has 0 spiro atoms. The molecule has 0 rings (SSSR count). The molecule has 0 aliphatic heterocycles. The molecule has 0 saturated carbocycles. The molecule has 0 amide bonds. The van der Waals surface area contributed by atoms with Gasteiger partial charge in [0.05, 0.1) is 0 Å². The van der Waals surface area contributed by atoms with Gasteiger partial charge in [0, 0.05) is 4.57 Å². The summed E-state index contributed by atoms with van der Waals surface area (Å²) < 4.78 is 19.6. The molecule has 0 fully saturated rings. The lowest BCUT2D eigenvalue weighted by atomic mass is 10.7. The van der Waals surface area contributed by atoms with E-state index in [-0.39, 0.29) is 6.61 Å². The van der Waals surface area contributed by atoms with Crippen LogP contribution in [0.4, 0.5) is 0 Å². The van der Waals surface area contributed by atoms with Crippen LogP contribution in [0.1, 0.15) is 6.92 Å². The summed E-state index contributed by atoms with van der Waals surface area (Å²) >= 11 is 0. The van der Waals surface area contributed by atoms with E-state index in [0.717, 1.165) is 0 Å². The Hall–Kier alpha value is -0.240. The van der Waals surface area contributed by atoms with Gasteiger partial charge in [-0.2, -0.15) is 0 Å². The van der Waals surface area contributed by atoms with E-state index in [1.165, 1.54) is 6.08 Å². The molecule has 0 saturated heterocycles. The van der Waals surface area contributed by atoms with Gasteiger partial charge in [-0.05, 0) is 6.92 Å². The summed E-state index contributed by atoms with van der Waals surface area (Å²) in [6.07, 6.45) is 1.52. The highest BCUT2D eigenvalue weighted by Crippen LogP contribution is 2.22. The van der Waals surface area contributed by atoms with Crippen LogP contribution >= 0.6 is 8.25 Å². The standard InChI is InChI=1S/C5H10O3P/c1-3-5-8-9(6)7-4-2/h3H,1,4-5H2,2H3/q+1. The van der Waals surface area contributed by atoms with Crippen molar-refractivity contribution in [3.05, 3.63) is 12.7 Å². The SMILES string of the molecule is C=CCO[P+](=O)OCC. The van der Waals surface area contributed by atoms with Crippen molar-refractivity contribution in [3.63, 3.8) is 0 Å². The molecule has 0 aromatic carbocycles. The van der Waals surface area contributed by atoms with E-state index < -0.39 is 8.25 Å². The zero-order chi connectivity index (χ0) is 7.11. The van der Waals surface area contributed by atoms with E-state index in [4.69, 9.17) is 0 Å². The van der Waals surface area contributed by atoms with Crippen LogP contribution in [-0.4, -0.2) is 13.2 Å². The molecule has 1 unspecified atom stereocenters. The third-order valence-corrected chi connectivity index (χ3v) is 1.36. The van der Waals surface area contributed by atoms with Gasteiger partial charge in [-0.3, -0.25) is 0 Å². The second-order valence-electron chi connectivity index (χ2n) is 1.23. The molecule has 0 radical (unpaired) electrons. The van der Waals surface area contributed by atoms with Crippen LogP contribution < -0.4 is 0 Å². The van der Waals surface area contributed by atoms with Crippen molar-refractivity contribution in [2.45, 2.75) is 6.92 Å². The van der Waals surface area contributed by atoms with Crippen molar-refractivity contribution in [2.75, 3.05) is 13.2 Å². The van der Waals surface area contributed by atoms with E-state index >= 15 is 0 Å². The molecule has 1 atom stereocenters. The Bertz CT molecular complexity index is 102. The molecule has 3 nitrogen and oxygen atoms in total. The second-order valence-corrected chi connectivity index (χ2v) is 2.19. The molecule has 4 heteroatoms. The first kappa shape index (κ1) is 8.76. The van der Waals surface area contributed by atoms with Gasteiger partial charge in [-0.1, -0.05) is 6.08 Å². The first-order chi connectivity index (χ1) is 4.31. The minimum absolute atomic E-state index is 0.273. The maximum atomic E-state index is 10.5. The third-order valence-electron chi connectivity index (χ3n) is 0.532. The van der Waals surface area contributed by atoms with E-state index in [9.17, 15) is 4.57 Å². The molecule has 0 aromatic rings. The van der Waals surface area contributed by atoms with Gasteiger partial charge in [-0.25, -0.2) is 0 Å². The van der Waals surface area contributed by atoms with E-state index in [1.54, 1.807) is 6.92 Å². The number of hydrogen-bond donors (Lipinski definition) is 0. The zero-order valence-electron chi connectivity index (χ0n) is 5.37. The fourth-order valence-electron chi connectivity index (χ4n) is 0.256. The van der Waals surface area contributed by atoms with Crippen LogP contribution in [0.2, 0.25) is 0 Å². The van der Waals surface area contributed by atoms with Gasteiger partial charge >= 0.3 is 8.25 Å². The van der Waals surface area contributed by atoms with Crippen molar-refractivity contribution in [3.8, 4) is 0 Å². The van der Waals surface area contributed by atoms with Crippen LogP contribution in [-0.2, 0) is 13.6 Å². The summed E-state index contributed by atoms with van der Waals surface area (Å²) in [5.41, 5.74) is 0. The third kappa shape index (κ3) is 5.63. The average molecular weight is 149 g/mol. The van der Waals surface area contributed by atoms with Crippen molar-refractivity contribution in [2.24, 2.45) is 0 Å². The fraction of sp³-hybridized carbons (Fsp3) is 0.600. The number of rotatable bonds is 5. The van der Waals surface area contributed by atoms with Gasteiger partial charge in [0.1, 0.15) is 13.2 Å². The quantitative estimate of drug-likeness (QED) is 0.442. The van der Waals surface area contributed by atoms with Gasteiger partial charge < -0.3 is 0 Å². The Morgan fingerprint density at radius 3 is 2.78 bits per heavy atom. The maximum absolute atomic E-state index is 10.5. The largest absolute Gasteiger partial charge is 0.697 e. The molecular formula is C5H10O3P+. The Balaban J connectivity index is 3.16. The maximum Gasteiger partial charge on any atom is 0.697 e. The molecule has 0 aliphatic rings. The normalized spacial score (nSPS) is 11.0. The first-order valence-corrected chi connectivity index (χ1v) is 3.74. The summed E-state index contributed by atoms with van der Waals surface area (Å²) in [5.74, 6) is 0. The van der Waals surface area contributed by atoms with Crippen LogP contribution in [0.15, 0.2) is 12.7 Å². The predicted octanol–water partition coefficient (Wildman–Crippen LogP) is 1.88. The molecule has 0 heterocycles. The molecular weight excluding hydrogens is 139 g/mol. The Labute approximate surface area is 55.6 Å². The van der Waals surface area contributed by atoms with Gasteiger partial charge in [0.25, 0.3) is 0 Å². The smallest absolute Gasteiger partial charge is 0.119 e. The van der Waals surface area contributed by atoms with Crippen LogP contribution in [0.5, 0.6) is 0 Å². The van der Waals surface area contributed by atoms with E-state index in [0.29, 0.717) is 6.61 Å². The highest BCUT2D eigenvalue weighted by molar-refractivity contribution is 7.33. The lowest BCUT2D eigenvalue weighted by Gasteiger charge is -1.80. The lowest BCUT2D eigenvalue weighted by Crippen LogP contribution is -1.83. The summed E-state index contributed by atoms with van der Waals surface area (Å²) in [7, 11) is -1.91. The summed E-state index contributed by atoms with van der Waals surface area (Å²) in [6, 6.07) is 0.